The molecule has 18 nitrogen and oxygen atoms in total. The molecule has 6 rings (SSSR count). The fourth-order valence-electron chi connectivity index (χ4n) is 8.42. The molecular formula is C45H60N10O8. The van der Waals surface area contributed by atoms with Gasteiger partial charge in [0.05, 0.1) is 24.0 Å². The van der Waals surface area contributed by atoms with Crippen molar-refractivity contribution in [3.05, 3.63) is 71.7 Å². The van der Waals surface area contributed by atoms with Crippen LogP contribution in [0.5, 0.6) is 0 Å². The van der Waals surface area contributed by atoms with Gasteiger partial charge in [-0.3, -0.25) is 29.3 Å². The number of carbonyl (C=O) groups excluding carboxylic acids is 6. The number of unbranched alkanes of at least 4 members (excludes halogenated alkanes) is 1. The highest BCUT2D eigenvalue weighted by Crippen LogP contribution is 2.34. The molecule has 2 aromatic heterocycles. The van der Waals surface area contributed by atoms with Crippen LogP contribution in [0.15, 0.2) is 59.3 Å². The van der Waals surface area contributed by atoms with Gasteiger partial charge in [0, 0.05) is 36.6 Å². The molecule has 7 N–H and O–H groups in total. The highest BCUT2D eigenvalue weighted by Gasteiger charge is 2.45. The van der Waals surface area contributed by atoms with Crippen LogP contribution in [0.3, 0.4) is 0 Å². The highest BCUT2D eigenvalue weighted by molar-refractivity contribution is 6.37. The lowest BCUT2D eigenvalue weighted by molar-refractivity contribution is -0.142. The summed E-state index contributed by atoms with van der Waals surface area (Å²) in [4.78, 5) is 82.6. The first-order chi connectivity index (χ1) is 29.9. The molecule has 2 fully saturated rings. The number of likely N-dealkylation sites (tertiary alicyclic amines) is 1. The van der Waals surface area contributed by atoms with Gasteiger partial charge in [-0.05, 0) is 68.4 Å². The van der Waals surface area contributed by atoms with Crippen LogP contribution in [-0.2, 0) is 30.2 Å². The number of aliphatic hydroxyl groups is 1. The second-order valence-corrected chi connectivity index (χ2v) is 18.3. The number of benzene rings is 2. The van der Waals surface area contributed by atoms with E-state index in [1.807, 2.05) is 51.1 Å². The van der Waals surface area contributed by atoms with Gasteiger partial charge in [-0.1, -0.05) is 93.6 Å². The van der Waals surface area contributed by atoms with E-state index in [1.54, 1.807) is 32.0 Å². The topological polar surface area (TPSA) is 257 Å². The van der Waals surface area contributed by atoms with E-state index in [9.17, 15) is 33.9 Å². The van der Waals surface area contributed by atoms with E-state index in [0.717, 1.165) is 42.9 Å². The Bertz CT molecular complexity index is 2290. The normalized spacial score (nSPS) is 18.1. The van der Waals surface area contributed by atoms with Gasteiger partial charge in [-0.2, -0.15) is 0 Å². The van der Waals surface area contributed by atoms with Crippen molar-refractivity contribution >= 4 is 52.0 Å². The smallest absolute Gasteiger partial charge is 0.320 e. The third-order valence-corrected chi connectivity index (χ3v) is 11.9. The predicted molar refractivity (Wildman–Crippen MR) is 233 cm³/mol. The van der Waals surface area contributed by atoms with Gasteiger partial charge in [-0.25, -0.2) is 9.48 Å². The Morgan fingerprint density at radius 1 is 0.921 bits per heavy atom. The van der Waals surface area contributed by atoms with E-state index < -0.39 is 65.2 Å². The summed E-state index contributed by atoms with van der Waals surface area (Å²) >= 11 is 0. The minimum atomic E-state index is -1.36. The maximum atomic E-state index is 14.9. The Morgan fingerprint density at radius 3 is 2.33 bits per heavy atom. The van der Waals surface area contributed by atoms with Crippen molar-refractivity contribution in [2.24, 2.45) is 11.7 Å². The molecule has 338 valence electrons. The van der Waals surface area contributed by atoms with Crippen molar-refractivity contribution in [2.75, 3.05) is 18.4 Å². The summed E-state index contributed by atoms with van der Waals surface area (Å²) in [5.41, 5.74) is 4.53. The fourth-order valence-corrected chi connectivity index (χ4v) is 8.42. The Labute approximate surface area is 366 Å². The van der Waals surface area contributed by atoms with E-state index in [1.165, 1.54) is 15.8 Å². The molecule has 1 saturated carbocycles. The number of hydrogen-bond acceptors (Lipinski definition) is 11. The predicted octanol–water partition coefficient (Wildman–Crippen LogP) is 4.39. The van der Waals surface area contributed by atoms with E-state index in [-0.39, 0.29) is 43.1 Å². The molecule has 2 aromatic carbocycles. The van der Waals surface area contributed by atoms with Crippen molar-refractivity contribution in [2.45, 2.75) is 134 Å². The van der Waals surface area contributed by atoms with E-state index in [2.05, 4.69) is 36.7 Å². The largest absolute Gasteiger partial charge is 0.384 e. The molecule has 1 unspecified atom stereocenters. The number of amides is 6. The number of fused-ring (bicyclic) bond motifs is 1. The molecular weight excluding hydrogens is 809 g/mol. The number of nitrogens with two attached hydrogens (primary N) is 1. The number of hydrogen-bond donors (Lipinski definition) is 6. The summed E-state index contributed by atoms with van der Waals surface area (Å²) in [5.74, 6) is -2.85. The molecule has 63 heavy (non-hydrogen) atoms. The second-order valence-electron chi connectivity index (χ2n) is 18.3. The van der Waals surface area contributed by atoms with E-state index in [0.29, 0.717) is 36.3 Å². The molecule has 0 bridgehead atoms. The highest BCUT2D eigenvalue weighted by atomic mass is 16.5. The number of anilines is 1. The van der Waals surface area contributed by atoms with Crippen molar-refractivity contribution < 1.29 is 38.4 Å². The Balaban J connectivity index is 1.19. The lowest BCUT2D eigenvalue weighted by Gasteiger charge is -2.32. The zero-order valence-electron chi connectivity index (χ0n) is 36.7. The zero-order valence-corrected chi connectivity index (χ0v) is 36.7. The molecule has 4 aromatic rings. The summed E-state index contributed by atoms with van der Waals surface area (Å²) in [5, 5.41) is 36.0. The van der Waals surface area contributed by atoms with Gasteiger partial charge < -0.3 is 36.2 Å². The van der Waals surface area contributed by atoms with Gasteiger partial charge in [0.25, 0.3) is 11.8 Å². The number of primary amides is 1. The third-order valence-electron chi connectivity index (χ3n) is 11.9. The number of carbonyl (C=O) groups is 6. The summed E-state index contributed by atoms with van der Waals surface area (Å²) < 4.78 is 6.80. The molecule has 1 saturated heterocycles. The summed E-state index contributed by atoms with van der Waals surface area (Å²) in [7, 11) is 0. The monoisotopic (exact) mass is 868 g/mol. The van der Waals surface area contributed by atoms with Gasteiger partial charge in [0.2, 0.25) is 17.6 Å². The minimum absolute atomic E-state index is 0.0111. The van der Waals surface area contributed by atoms with Crippen LogP contribution < -0.4 is 27.0 Å². The van der Waals surface area contributed by atoms with Crippen LogP contribution in [0, 0.1) is 5.92 Å². The van der Waals surface area contributed by atoms with E-state index in [4.69, 9.17) is 10.3 Å². The first-order valence-corrected chi connectivity index (χ1v) is 21.8. The molecule has 1 aliphatic heterocycles. The molecule has 0 spiro atoms. The molecule has 0 radical (unpaired) electrons. The average Bonchev–Trinajstić information content (AvgIpc) is 4.03. The maximum absolute atomic E-state index is 14.9. The van der Waals surface area contributed by atoms with Crippen LogP contribution >= 0.6 is 0 Å². The maximum Gasteiger partial charge on any atom is 0.320 e. The number of Topliss-reactive ketones (excluding diaryl/α,β-unsaturated/α-hetero) is 1. The summed E-state index contributed by atoms with van der Waals surface area (Å²) in [6.07, 6.45) is 7.39. The molecule has 2 aliphatic rings. The van der Waals surface area contributed by atoms with Gasteiger partial charge in [0.1, 0.15) is 23.4 Å². The number of aromatic nitrogens is 4. The molecule has 3 heterocycles. The molecule has 6 amide bonds. The zero-order chi connectivity index (χ0) is 45.5. The van der Waals surface area contributed by atoms with Gasteiger partial charge in [0.15, 0.2) is 5.82 Å². The Kier molecular flexibility index (Phi) is 14.6. The van der Waals surface area contributed by atoms with Crippen LogP contribution in [0.25, 0.3) is 10.8 Å². The molecule has 4 atom stereocenters. The minimum Gasteiger partial charge on any atom is -0.384 e. The number of nitrogens with one attached hydrogen (secondary N) is 4. The molecule has 18 heteroatoms. The van der Waals surface area contributed by atoms with Crippen molar-refractivity contribution in [3.63, 3.8) is 0 Å². The Morgan fingerprint density at radius 2 is 1.65 bits per heavy atom. The third kappa shape index (κ3) is 11.9. The number of nitrogens with zero attached hydrogens (tertiary/aromatic N) is 5. The SMILES string of the molecule is CC(C)(C)c1cc(NC(=O)NCCCCC(NC(=O)[C@@H]2C[C@H](n3nncc3C(C)(C)O)CN2C(=O)[C@@H](CC2CCCCC2)NC(=O)c2ccc3ccccc3c2)C(=O)C(N)=O)no1. The first kappa shape index (κ1) is 46.3. The number of urea groups is 1. The van der Waals surface area contributed by atoms with Crippen LogP contribution in [0.2, 0.25) is 0 Å². The average molecular weight is 869 g/mol. The number of rotatable bonds is 17. The van der Waals surface area contributed by atoms with Crippen molar-refractivity contribution in [3.8, 4) is 0 Å². The number of ketones is 1. The summed E-state index contributed by atoms with van der Waals surface area (Å²) in [6.45, 7) is 9.18. The van der Waals surface area contributed by atoms with Crippen LogP contribution in [0.4, 0.5) is 10.6 Å². The van der Waals surface area contributed by atoms with E-state index >= 15 is 0 Å². The van der Waals surface area contributed by atoms with Crippen molar-refractivity contribution in [1.82, 2.24) is 41.0 Å². The lowest BCUT2D eigenvalue weighted by atomic mass is 9.84. The molecule has 1 aliphatic carbocycles. The summed E-state index contributed by atoms with van der Waals surface area (Å²) in [6, 6.07) is 10.0. The second kappa shape index (κ2) is 19.9. The van der Waals surface area contributed by atoms with Crippen LogP contribution in [0.1, 0.15) is 127 Å². The standard InChI is InChI=1S/C45H60N10O8/c1-44(2,3)36-24-37(52-63-36)51-43(61)47-20-12-11-17-32(38(56)39(46)57)49-41(59)34-23-31(55-35(25-48-53-55)45(4,5)62)26-54(34)42(60)33(21-27-13-7-6-8-14-27)50-40(58)30-19-18-28-15-9-10-16-29(28)22-30/h9-10,15-16,18-19,22,24-25,27,31-34,62H,6-8,11-14,17,20-21,23,26H2,1-5H3,(H2,46,57)(H,49,59)(H,50,58)(H2,47,51,52,61)/t31-,32?,33+,34-/m0/s1. The Hall–Kier alpha value is -6.17. The van der Waals surface area contributed by atoms with Crippen LogP contribution in [-0.4, -0.2) is 96.8 Å². The van der Waals surface area contributed by atoms with Gasteiger partial charge in [-0.15, -0.1) is 5.10 Å². The van der Waals surface area contributed by atoms with Gasteiger partial charge >= 0.3 is 6.03 Å². The van der Waals surface area contributed by atoms with Crippen molar-refractivity contribution in [1.29, 1.82) is 0 Å². The fraction of sp³-hybridized carbons (Fsp3) is 0.533. The quantitative estimate of drug-likeness (QED) is 0.0641. The first-order valence-electron chi connectivity index (χ1n) is 21.8. The lowest BCUT2D eigenvalue weighted by Crippen LogP contribution is -2.56.